The van der Waals surface area contributed by atoms with Gasteiger partial charge in [-0.1, -0.05) is 0 Å². The number of thiazole rings is 1. The van der Waals surface area contributed by atoms with E-state index in [9.17, 15) is 9.18 Å². The number of nitrogens with zero attached hydrogens (tertiary/aromatic N) is 6. The zero-order valence-corrected chi connectivity index (χ0v) is 19.0. The number of aromatic nitrogens is 4. The molecule has 0 radical (unpaired) electrons. The molecule has 172 valence electrons. The van der Waals surface area contributed by atoms with Gasteiger partial charge >= 0.3 is 0 Å². The van der Waals surface area contributed by atoms with Crippen molar-refractivity contribution in [3.05, 3.63) is 41.3 Å². The summed E-state index contributed by atoms with van der Waals surface area (Å²) in [6.45, 7) is 2.40. The Morgan fingerprint density at radius 1 is 1.15 bits per heavy atom. The predicted molar refractivity (Wildman–Crippen MR) is 124 cm³/mol. The summed E-state index contributed by atoms with van der Waals surface area (Å²) in [7, 11) is 0. The van der Waals surface area contributed by atoms with Crippen LogP contribution in [0.25, 0.3) is 10.6 Å². The number of ether oxygens (including phenoxy) is 1. The van der Waals surface area contributed by atoms with E-state index in [0.29, 0.717) is 37.4 Å². The van der Waals surface area contributed by atoms with Crippen molar-refractivity contribution in [2.75, 3.05) is 36.0 Å². The van der Waals surface area contributed by atoms with Crippen LogP contribution in [-0.4, -0.2) is 58.1 Å². The van der Waals surface area contributed by atoms with Crippen LogP contribution in [-0.2, 0) is 11.2 Å². The number of anilines is 2. The number of fused-ring (bicyclic) bond motifs is 1. The number of halogens is 1. The third kappa shape index (κ3) is 3.91. The van der Waals surface area contributed by atoms with Gasteiger partial charge < -0.3 is 14.5 Å². The smallest absolute Gasteiger partial charge is 0.270 e. The van der Waals surface area contributed by atoms with Gasteiger partial charge in [0.05, 0.1) is 30.3 Å². The number of carbonyl (C=O) groups is 1. The van der Waals surface area contributed by atoms with Crippen molar-refractivity contribution in [3.8, 4) is 10.6 Å². The summed E-state index contributed by atoms with van der Waals surface area (Å²) in [5, 5.41) is 5.24. The molecule has 2 fully saturated rings. The van der Waals surface area contributed by atoms with Crippen LogP contribution in [0.3, 0.4) is 0 Å². The first-order valence-corrected chi connectivity index (χ1v) is 12.3. The van der Waals surface area contributed by atoms with E-state index in [1.54, 1.807) is 17.3 Å². The highest BCUT2D eigenvalue weighted by Gasteiger charge is 2.31. The number of rotatable bonds is 4. The second kappa shape index (κ2) is 8.49. The first kappa shape index (κ1) is 20.7. The topological polar surface area (TPSA) is 76.4 Å². The molecule has 8 nitrogen and oxygen atoms in total. The molecular weight excluding hydrogens is 443 g/mol. The number of carbonyl (C=O) groups excluding carboxylic acids is 1. The van der Waals surface area contributed by atoms with Gasteiger partial charge in [-0.05, 0) is 37.8 Å². The molecular formula is C23H25FN6O2S. The number of alkyl halides is 1. The maximum atomic E-state index is 13.5. The fourth-order valence-electron chi connectivity index (χ4n) is 4.68. The van der Waals surface area contributed by atoms with Crippen LogP contribution in [0.2, 0.25) is 0 Å². The summed E-state index contributed by atoms with van der Waals surface area (Å²) in [6.07, 6.45) is 8.97. The van der Waals surface area contributed by atoms with Crippen molar-refractivity contribution >= 4 is 28.7 Å². The second-order valence-electron chi connectivity index (χ2n) is 8.74. The van der Waals surface area contributed by atoms with Gasteiger partial charge in [-0.2, -0.15) is 5.10 Å². The summed E-state index contributed by atoms with van der Waals surface area (Å²) in [5.74, 6) is 0.737. The van der Waals surface area contributed by atoms with Gasteiger partial charge in [0.2, 0.25) is 0 Å². The van der Waals surface area contributed by atoms with Crippen LogP contribution >= 0.6 is 11.3 Å². The zero-order valence-electron chi connectivity index (χ0n) is 18.2. The first-order valence-electron chi connectivity index (χ1n) is 11.5. The Hall–Kier alpha value is -2.85. The molecule has 2 unspecified atom stereocenters. The Kier molecular flexibility index (Phi) is 5.34. The molecule has 3 aromatic rings. The molecule has 0 N–H and O–H groups in total. The first-order chi connectivity index (χ1) is 16.2. The van der Waals surface area contributed by atoms with E-state index in [4.69, 9.17) is 9.72 Å². The normalized spacial score (nSPS) is 23.2. The third-order valence-corrected chi connectivity index (χ3v) is 7.64. The highest BCUT2D eigenvalue weighted by Crippen LogP contribution is 2.34. The average molecular weight is 469 g/mol. The highest BCUT2D eigenvalue weighted by molar-refractivity contribution is 7.17. The van der Waals surface area contributed by atoms with Crippen molar-refractivity contribution in [1.82, 2.24) is 19.7 Å². The molecule has 3 aliphatic heterocycles. The molecule has 2 atom stereocenters. The summed E-state index contributed by atoms with van der Waals surface area (Å²) >= 11 is 1.40. The minimum absolute atomic E-state index is 0.0419. The quantitative estimate of drug-likeness (QED) is 0.579. The summed E-state index contributed by atoms with van der Waals surface area (Å²) < 4.78 is 21.1. The van der Waals surface area contributed by atoms with Crippen molar-refractivity contribution in [2.45, 2.75) is 44.5 Å². The Labute approximate surface area is 195 Å². The van der Waals surface area contributed by atoms with Gasteiger partial charge in [0.15, 0.2) is 0 Å². The lowest BCUT2D eigenvalue weighted by Crippen LogP contribution is -2.36. The van der Waals surface area contributed by atoms with Crippen molar-refractivity contribution in [1.29, 1.82) is 0 Å². The van der Waals surface area contributed by atoms with E-state index in [1.807, 2.05) is 27.9 Å². The SMILES string of the molecule is O=C1c2sc(-c3ccc(N4CCC(F)C4)nc3)nc2CCN1c1cnn(C2CCCCO2)c1. The molecule has 0 saturated carbocycles. The second-order valence-corrected chi connectivity index (χ2v) is 9.74. The van der Waals surface area contributed by atoms with Crippen LogP contribution in [0.5, 0.6) is 0 Å². The average Bonchev–Trinajstić information content (AvgIpc) is 3.60. The number of pyridine rings is 1. The molecule has 3 aromatic heterocycles. The third-order valence-electron chi connectivity index (χ3n) is 6.51. The lowest BCUT2D eigenvalue weighted by molar-refractivity contribution is -0.0394. The molecule has 6 rings (SSSR count). The molecule has 1 amide bonds. The molecule has 0 spiro atoms. The van der Waals surface area contributed by atoms with Gasteiger partial charge in [-0.3, -0.25) is 4.79 Å². The van der Waals surface area contributed by atoms with Gasteiger partial charge in [0.25, 0.3) is 5.91 Å². The molecule has 6 heterocycles. The maximum absolute atomic E-state index is 13.5. The number of amides is 1. The molecule has 33 heavy (non-hydrogen) atoms. The molecule has 0 aromatic carbocycles. The van der Waals surface area contributed by atoms with Crippen molar-refractivity contribution in [3.63, 3.8) is 0 Å². The molecule has 2 saturated heterocycles. The standard InChI is InChI=1S/C23H25FN6O2S/c24-16-6-8-28(13-16)19-5-4-15(11-25-19)22-27-18-7-9-29(23(31)21(18)33-22)17-12-26-30(14-17)20-3-1-2-10-32-20/h4-5,11-12,14,16,20H,1-3,6-10,13H2. The van der Waals surface area contributed by atoms with E-state index in [-0.39, 0.29) is 12.1 Å². The minimum Gasteiger partial charge on any atom is -0.357 e. The Bertz CT molecular complexity index is 1160. The highest BCUT2D eigenvalue weighted by atomic mass is 32.1. The summed E-state index contributed by atoms with van der Waals surface area (Å²) in [5.41, 5.74) is 2.50. The fraction of sp³-hybridized carbons (Fsp3) is 0.478. The number of hydrogen-bond donors (Lipinski definition) is 0. The lowest BCUT2D eigenvalue weighted by atomic mass is 10.1. The van der Waals surface area contributed by atoms with Crippen LogP contribution in [0, 0.1) is 0 Å². The van der Waals surface area contributed by atoms with E-state index < -0.39 is 6.17 Å². The number of hydrogen-bond acceptors (Lipinski definition) is 7. The summed E-state index contributed by atoms with van der Waals surface area (Å²) in [6, 6.07) is 3.86. The van der Waals surface area contributed by atoms with Gasteiger partial charge in [-0.15, -0.1) is 11.3 Å². The predicted octanol–water partition coefficient (Wildman–Crippen LogP) is 3.85. The maximum Gasteiger partial charge on any atom is 0.270 e. The van der Waals surface area contributed by atoms with Crippen LogP contribution in [0.15, 0.2) is 30.7 Å². The van der Waals surface area contributed by atoms with Crippen molar-refractivity contribution in [2.24, 2.45) is 0 Å². The molecule has 10 heteroatoms. The molecule has 0 aliphatic carbocycles. The fourth-order valence-corrected chi connectivity index (χ4v) is 5.73. The lowest BCUT2D eigenvalue weighted by Gasteiger charge is -2.25. The molecule has 3 aliphatic rings. The van der Waals surface area contributed by atoms with Gasteiger partial charge in [-0.25, -0.2) is 19.0 Å². The van der Waals surface area contributed by atoms with E-state index in [1.165, 1.54) is 11.3 Å². The van der Waals surface area contributed by atoms with Gasteiger partial charge in [0.1, 0.15) is 28.1 Å². The van der Waals surface area contributed by atoms with E-state index in [0.717, 1.165) is 53.6 Å². The van der Waals surface area contributed by atoms with E-state index >= 15 is 0 Å². The van der Waals surface area contributed by atoms with Crippen LogP contribution in [0.1, 0.15) is 47.3 Å². The van der Waals surface area contributed by atoms with Gasteiger partial charge in [0, 0.05) is 37.9 Å². The van der Waals surface area contributed by atoms with Crippen molar-refractivity contribution < 1.29 is 13.9 Å². The summed E-state index contributed by atoms with van der Waals surface area (Å²) in [4.78, 5) is 26.9. The van der Waals surface area contributed by atoms with E-state index in [2.05, 4.69) is 10.1 Å². The molecule has 0 bridgehead atoms. The minimum atomic E-state index is -0.784. The Balaban J connectivity index is 1.20. The van der Waals surface area contributed by atoms with Crippen LogP contribution in [0.4, 0.5) is 15.9 Å². The zero-order chi connectivity index (χ0) is 22.4. The monoisotopic (exact) mass is 468 g/mol. The Morgan fingerprint density at radius 2 is 2.09 bits per heavy atom. The van der Waals surface area contributed by atoms with Crippen LogP contribution < -0.4 is 9.80 Å². The largest absolute Gasteiger partial charge is 0.357 e. The Morgan fingerprint density at radius 3 is 2.85 bits per heavy atom.